The molecule has 0 fully saturated rings. The third-order valence-corrected chi connectivity index (χ3v) is 12.7. The summed E-state index contributed by atoms with van der Waals surface area (Å²) in [6.07, 6.45) is 22.4. The molecule has 3 atom stereocenters. The quantitative estimate of drug-likeness (QED) is 0.282. The number of aliphatic hydroxyl groups is 2. The third-order valence-electron chi connectivity index (χ3n) is 12.7. The summed E-state index contributed by atoms with van der Waals surface area (Å²) in [5, 5.41) is 24.4. The Kier molecular flexibility index (Phi) is 9.91. The van der Waals surface area contributed by atoms with Crippen LogP contribution in [0.1, 0.15) is 102 Å². The molecule has 0 amide bonds. The number of anilines is 1. The molecule has 0 heterocycles. The Morgan fingerprint density at radius 1 is 0.944 bits per heavy atom. The predicted molar refractivity (Wildman–Crippen MR) is 229 cm³/mol. The van der Waals surface area contributed by atoms with E-state index < -0.39 is 5.82 Å². The van der Waals surface area contributed by atoms with Crippen molar-refractivity contribution in [1.82, 2.24) is 0 Å². The standard InChI is InChI=1S/C48H52B3NO2/c1-8-47(7)33-21-12-9-11-19-31(33)40-34(47)23-17-25-37(40)52(44-39(53)26-36(49)42(50)43(51)45(44)54)38-24-14-10-13-22-35-41(38)46(5,6)28-48(35,27-29(2)3)32-20-16-15-18-30(32)4/h9-10,12,14-21,23-26,29,36,53-54H,8,11,13,22,27-28H2,1-7H3/b14-10-,38-24+. The van der Waals surface area contributed by atoms with Gasteiger partial charge in [0.2, 0.25) is 0 Å². The zero-order valence-corrected chi connectivity index (χ0v) is 33.1. The van der Waals surface area contributed by atoms with E-state index in [4.69, 9.17) is 23.5 Å². The van der Waals surface area contributed by atoms with Gasteiger partial charge >= 0.3 is 0 Å². The van der Waals surface area contributed by atoms with Gasteiger partial charge in [0.25, 0.3) is 0 Å². The number of nitrogens with zero attached hydrogens (tertiary/aromatic N) is 1. The molecule has 54 heavy (non-hydrogen) atoms. The van der Waals surface area contributed by atoms with Crippen LogP contribution in [-0.2, 0) is 10.8 Å². The van der Waals surface area contributed by atoms with Gasteiger partial charge in [-0.25, -0.2) is 0 Å². The number of fused-ring (bicyclic) bond motifs is 3. The molecule has 6 radical (unpaired) electrons. The zero-order chi connectivity index (χ0) is 38.7. The molecule has 0 aromatic heterocycles. The number of hydrogen-bond donors (Lipinski definition) is 2. The van der Waals surface area contributed by atoms with Gasteiger partial charge in [-0.05, 0) is 114 Å². The van der Waals surface area contributed by atoms with Gasteiger partial charge in [-0.15, -0.1) is 5.47 Å². The molecule has 2 N–H and O–H groups in total. The Morgan fingerprint density at radius 2 is 1.67 bits per heavy atom. The maximum atomic E-state index is 12.3. The monoisotopic (exact) mass is 707 g/mol. The maximum Gasteiger partial charge on any atom is 0.139 e. The van der Waals surface area contributed by atoms with Crippen molar-refractivity contribution in [2.75, 3.05) is 4.90 Å². The second-order valence-electron chi connectivity index (χ2n) is 17.2. The average molecular weight is 707 g/mol. The van der Waals surface area contributed by atoms with Gasteiger partial charge in [-0.3, -0.25) is 0 Å². The third kappa shape index (κ3) is 5.91. The van der Waals surface area contributed by atoms with Crippen molar-refractivity contribution in [3.63, 3.8) is 0 Å². The molecular formula is C48H52B3NO2. The van der Waals surface area contributed by atoms with Crippen LogP contribution in [-0.4, -0.2) is 33.8 Å². The Balaban J connectivity index is 1.62. The van der Waals surface area contributed by atoms with E-state index in [1.165, 1.54) is 45.1 Å². The van der Waals surface area contributed by atoms with Crippen LogP contribution in [0.3, 0.4) is 0 Å². The van der Waals surface area contributed by atoms with Crippen LogP contribution in [0.2, 0.25) is 5.82 Å². The minimum Gasteiger partial charge on any atom is -0.506 e. The van der Waals surface area contributed by atoms with Crippen molar-refractivity contribution in [3.8, 4) is 0 Å². The first-order valence-corrected chi connectivity index (χ1v) is 19.7. The maximum absolute atomic E-state index is 12.3. The SMILES string of the molecule is [B]C1=C([B])C([B])C=C(O)C(N(/C2=C/C=C\CCC3=C2C(C)(C)CC3(CC(C)C)c2ccccc2C)c2cccc3c2C2=CCC=CC=C2C3(C)CC)=C1O. The Labute approximate surface area is 327 Å². The van der Waals surface area contributed by atoms with Crippen LogP contribution in [0.5, 0.6) is 0 Å². The number of rotatable bonds is 7. The lowest BCUT2D eigenvalue weighted by atomic mass is 9.65. The van der Waals surface area contributed by atoms with Crippen LogP contribution < -0.4 is 4.90 Å². The second-order valence-corrected chi connectivity index (χ2v) is 17.2. The lowest BCUT2D eigenvalue weighted by molar-refractivity contribution is 0.303. The highest BCUT2D eigenvalue weighted by Crippen LogP contribution is 2.63. The van der Waals surface area contributed by atoms with Crippen molar-refractivity contribution in [2.24, 2.45) is 11.3 Å². The van der Waals surface area contributed by atoms with Crippen molar-refractivity contribution in [3.05, 3.63) is 164 Å². The van der Waals surface area contributed by atoms with Crippen LogP contribution in [0, 0.1) is 18.3 Å². The number of hydrogen-bond acceptors (Lipinski definition) is 3. The van der Waals surface area contributed by atoms with E-state index in [0.717, 1.165) is 55.5 Å². The topological polar surface area (TPSA) is 43.7 Å². The number of allylic oxidation sites excluding steroid dienone is 14. The van der Waals surface area contributed by atoms with Gasteiger partial charge in [0.05, 0.1) is 19.2 Å². The van der Waals surface area contributed by atoms with E-state index in [1.54, 1.807) is 0 Å². The van der Waals surface area contributed by atoms with E-state index in [1.807, 2.05) is 0 Å². The summed E-state index contributed by atoms with van der Waals surface area (Å²) < 4.78 is 0. The minimum atomic E-state index is -0.884. The largest absolute Gasteiger partial charge is 0.506 e. The molecule has 2 aromatic rings. The summed E-state index contributed by atoms with van der Waals surface area (Å²) in [7, 11) is 19.6. The molecule has 270 valence electrons. The van der Waals surface area contributed by atoms with Gasteiger partial charge in [-0.1, -0.05) is 125 Å². The normalized spacial score (nSPS) is 27.8. The Bertz CT molecular complexity index is 2190. The first kappa shape index (κ1) is 38.0. The van der Waals surface area contributed by atoms with Gasteiger partial charge in [0, 0.05) is 16.4 Å². The molecule has 5 aliphatic rings. The van der Waals surface area contributed by atoms with Crippen LogP contribution in [0.15, 0.2) is 142 Å². The average Bonchev–Trinajstić information content (AvgIpc) is 3.29. The van der Waals surface area contributed by atoms with Gasteiger partial charge < -0.3 is 15.1 Å². The fourth-order valence-electron chi connectivity index (χ4n) is 10.4. The molecule has 3 nitrogen and oxygen atoms in total. The van der Waals surface area contributed by atoms with Crippen LogP contribution >= 0.6 is 0 Å². The summed E-state index contributed by atoms with van der Waals surface area (Å²) in [5.41, 5.74) is 11.3. The molecule has 3 unspecified atom stereocenters. The smallest absolute Gasteiger partial charge is 0.139 e. The highest BCUT2D eigenvalue weighted by molar-refractivity contribution is 6.37. The molecular weight excluding hydrogens is 655 g/mol. The summed E-state index contributed by atoms with van der Waals surface area (Å²) in [5.74, 6) is -0.920. The van der Waals surface area contributed by atoms with Crippen molar-refractivity contribution in [1.29, 1.82) is 0 Å². The van der Waals surface area contributed by atoms with Crippen LogP contribution in [0.25, 0.3) is 5.57 Å². The van der Waals surface area contributed by atoms with Crippen molar-refractivity contribution >= 4 is 34.8 Å². The highest BCUT2D eigenvalue weighted by atomic mass is 16.3. The number of benzene rings is 2. The predicted octanol–water partition coefficient (Wildman–Crippen LogP) is 11.4. The Morgan fingerprint density at radius 3 is 2.39 bits per heavy atom. The number of aryl methyl sites for hydroxylation is 1. The van der Waals surface area contributed by atoms with Gasteiger partial charge in [0.15, 0.2) is 0 Å². The van der Waals surface area contributed by atoms with Gasteiger partial charge in [0.1, 0.15) is 32.9 Å². The first-order valence-electron chi connectivity index (χ1n) is 19.7. The second kappa shape index (κ2) is 14.1. The van der Waals surface area contributed by atoms with E-state index in [9.17, 15) is 10.2 Å². The van der Waals surface area contributed by atoms with Crippen molar-refractivity contribution in [2.45, 2.75) is 104 Å². The summed E-state index contributed by atoms with van der Waals surface area (Å²) in [6.45, 7) is 16.2. The molecule has 7 rings (SSSR count). The highest BCUT2D eigenvalue weighted by Gasteiger charge is 2.53. The molecule has 0 aliphatic heterocycles. The lowest BCUT2D eigenvalue weighted by Gasteiger charge is -2.38. The molecule has 0 spiro atoms. The molecule has 0 saturated heterocycles. The zero-order valence-electron chi connectivity index (χ0n) is 33.1. The van der Waals surface area contributed by atoms with E-state index in [2.05, 4.69) is 138 Å². The van der Waals surface area contributed by atoms with E-state index >= 15 is 0 Å². The summed E-state index contributed by atoms with van der Waals surface area (Å²) in [6, 6.07) is 15.4. The summed E-state index contributed by atoms with van der Waals surface area (Å²) in [4.78, 5) is 2.08. The molecule has 2 aromatic carbocycles. The molecule has 6 heteroatoms. The fraction of sp³-hybridized carbons (Fsp3) is 0.375. The van der Waals surface area contributed by atoms with Gasteiger partial charge in [-0.2, -0.15) is 0 Å². The Hall–Kier alpha value is -4.31. The minimum absolute atomic E-state index is 0.0387. The first-order chi connectivity index (χ1) is 25.7. The van der Waals surface area contributed by atoms with Crippen molar-refractivity contribution < 1.29 is 10.2 Å². The fourth-order valence-corrected chi connectivity index (χ4v) is 10.4. The van der Waals surface area contributed by atoms with E-state index in [0.29, 0.717) is 5.92 Å². The molecule has 0 bridgehead atoms. The summed E-state index contributed by atoms with van der Waals surface area (Å²) >= 11 is 0. The molecule has 0 saturated carbocycles. The van der Waals surface area contributed by atoms with E-state index in [-0.39, 0.29) is 44.4 Å². The number of aliphatic hydroxyl groups excluding tert-OH is 2. The lowest BCUT2D eigenvalue weighted by Crippen LogP contribution is -2.31. The van der Waals surface area contributed by atoms with Crippen LogP contribution in [0.4, 0.5) is 5.69 Å². The molecule has 5 aliphatic carbocycles.